The summed E-state index contributed by atoms with van der Waals surface area (Å²) in [6, 6.07) is 0. The normalized spacial score (nSPS) is 19.1. The lowest BCUT2D eigenvalue weighted by molar-refractivity contribution is -0.133. The van der Waals surface area contributed by atoms with Gasteiger partial charge in [0.1, 0.15) is 0 Å². The lowest BCUT2D eigenvalue weighted by Gasteiger charge is -2.32. The molecule has 3 heterocycles. The van der Waals surface area contributed by atoms with Gasteiger partial charge in [0, 0.05) is 57.3 Å². The first-order valence-corrected chi connectivity index (χ1v) is 8.97. The second kappa shape index (κ2) is 7.73. The highest BCUT2D eigenvalue weighted by Crippen LogP contribution is 2.26. The van der Waals surface area contributed by atoms with Crippen molar-refractivity contribution in [3.8, 4) is 0 Å². The molecule has 2 fully saturated rings. The number of carbonyl (C=O) groups is 2. The molecule has 0 atom stereocenters. The Kier molecular flexibility index (Phi) is 5.43. The number of carbonyl (C=O) groups excluding carboxylic acids is 2. The second-order valence-electron chi connectivity index (χ2n) is 6.83. The number of amides is 2. The Morgan fingerprint density at radius 3 is 2.71 bits per heavy atom. The number of piperidine rings is 1. The van der Waals surface area contributed by atoms with E-state index in [1.807, 2.05) is 22.9 Å². The van der Waals surface area contributed by atoms with Crippen molar-refractivity contribution in [2.75, 3.05) is 26.2 Å². The van der Waals surface area contributed by atoms with Crippen molar-refractivity contribution in [3.63, 3.8) is 0 Å². The van der Waals surface area contributed by atoms with Crippen molar-refractivity contribution in [3.05, 3.63) is 23.8 Å². The van der Waals surface area contributed by atoms with Crippen molar-refractivity contribution in [1.29, 1.82) is 0 Å². The third-order valence-electron chi connectivity index (χ3n) is 5.03. The first-order chi connectivity index (χ1) is 11.6. The summed E-state index contributed by atoms with van der Waals surface area (Å²) in [4.78, 5) is 36.5. The second-order valence-corrected chi connectivity index (χ2v) is 6.83. The molecule has 2 amide bonds. The SMILES string of the molecule is Cc1cncc(C2CCN(C(=O)CCCN3CCCC3=O)CC2)n1. The summed E-state index contributed by atoms with van der Waals surface area (Å²) in [7, 11) is 0. The first-order valence-electron chi connectivity index (χ1n) is 8.97. The fraction of sp³-hybridized carbons (Fsp3) is 0.667. The number of nitrogens with zero attached hydrogens (tertiary/aromatic N) is 4. The molecule has 0 saturated carbocycles. The van der Waals surface area contributed by atoms with Gasteiger partial charge in [-0.05, 0) is 32.6 Å². The van der Waals surface area contributed by atoms with E-state index in [4.69, 9.17) is 0 Å². The van der Waals surface area contributed by atoms with E-state index in [0.717, 1.165) is 63.3 Å². The number of aromatic nitrogens is 2. The van der Waals surface area contributed by atoms with Crippen LogP contribution in [0.3, 0.4) is 0 Å². The minimum Gasteiger partial charge on any atom is -0.343 e. The monoisotopic (exact) mass is 330 g/mol. The lowest BCUT2D eigenvalue weighted by atomic mass is 9.93. The van der Waals surface area contributed by atoms with Gasteiger partial charge >= 0.3 is 0 Å². The zero-order valence-corrected chi connectivity index (χ0v) is 14.4. The van der Waals surface area contributed by atoms with Crippen LogP contribution in [0.25, 0.3) is 0 Å². The van der Waals surface area contributed by atoms with Gasteiger partial charge in [-0.1, -0.05) is 0 Å². The highest BCUT2D eigenvalue weighted by atomic mass is 16.2. The quantitative estimate of drug-likeness (QED) is 0.827. The molecular weight excluding hydrogens is 304 g/mol. The molecule has 2 aliphatic heterocycles. The molecule has 0 bridgehead atoms. The summed E-state index contributed by atoms with van der Waals surface area (Å²) in [6.45, 7) is 5.12. The number of rotatable bonds is 5. The van der Waals surface area contributed by atoms with E-state index >= 15 is 0 Å². The van der Waals surface area contributed by atoms with Gasteiger partial charge in [-0.25, -0.2) is 0 Å². The Hall–Kier alpha value is -1.98. The maximum absolute atomic E-state index is 12.3. The van der Waals surface area contributed by atoms with Gasteiger partial charge in [-0.2, -0.15) is 0 Å². The van der Waals surface area contributed by atoms with Gasteiger partial charge in [0.2, 0.25) is 11.8 Å². The molecule has 1 aromatic heterocycles. The van der Waals surface area contributed by atoms with Crippen LogP contribution < -0.4 is 0 Å². The van der Waals surface area contributed by atoms with Gasteiger partial charge < -0.3 is 9.80 Å². The van der Waals surface area contributed by atoms with Crippen LogP contribution in [0.1, 0.15) is 55.8 Å². The van der Waals surface area contributed by atoms with Gasteiger partial charge in [0.05, 0.1) is 11.4 Å². The molecule has 0 aromatic carbocycles. The van der Waals surface area contributed by atoms with Crippen LogP contribution >= 0.6 is 0 Å². The molecule has 24 heavy (non-hydrogen) atoms. The zero-order valence-electron chi connectivity index (χ0n) is 14.4. The van der Waals surface area contributed by atoms with Crippen molar-refractivity contribution in [2.45, 2.75) is 51.4 Å². The predicted molar refractivity (Wildman–Crippen MR) is 90.4 cm³/mol. The van der Waals surface area contributed by atoms with E-state index in [1.54, 1.807) is 6.20 Å². The van der Waals surface area contributed by atoms with E-state index in [1.165, 1.54) is 0 Å². The highest BCUT2D eigenvalue weighted by Gasteiger charge is 2.25. The van der Waals surface area contributed by atoms with Crippen LogP contribution in [0.5, 0.6) is 0 Å². The van der Waals surface area contributed by atoms with Crippen LogP contribution in [-0.2, 0) is 9.59 Å². The minimum absolute atomic E-state index is 0.218. The number of likely N-dealkylation sites (tertiary alicyclic amines) is 2. The number of hydrogen-bond donors (Lipinski definition) is 0. The lowest BCUT2D eigenvalue weighted by Crippen LogP contribution is -2.38. The average molecular weight is 330 g/mol. The molecule has 0 spiro atoms. The van der Waals surface area contributed by atoms with Crippen LogP contribution in [0, 0.1) is 6.92 Å². The molecule has 0 N–H and O–H groups in total. The minimum atomic E-state index is 0.218. The third kappa shape index (κ3) is 4.10. The van der Waals surface area contributed by atoms with Gasteiger partial charge in [-0.3, -0.25) is 19.6 Å². The first kappa shape index (κ1) is 16.9. The Morgan fingerprint density at radius 1 is 1.25 bits per heavy atom. The summed E-state index contributed by atoms with van der Waals surface area (Å²) in [6.07, 6.45) is 8.47. The summed E-state index contributed by atoms with van der Waals surface area (Å²) < 4.78 is 0. The highest BCUT2D eigenvalue weighted by molar-refractivity contribution is 5.78. The molecule has 0 unspecified atom stereocenters. The van der Waals surface area contributed by atoms with E-state index < -0.39 is 0 Å². The Bertz CT molecular complexity index is 596. The molecular formula is C18H26N4O2. The molecule has 2 aliphatic rings. The molecule has 6 heteroatoms. The summed E-state index contributed by atoms with van der Waals surface area (Å²) >= 11 is 0. The van der Waals surface area contributed by atoms with Crippen molar-refractivity contribution < 1.29 is 9.59 Å². The average Bonchev–Trinajstić information content (AvgIpc) is 3.00. The third-order valence-corrected chi connectivity index (χ3v) is 5.03. The Balaban J connectivity index is 1.41. The van der Waals surface area contributed by atoms with Crippen molar-refractivity contribution in [2.24, 2.45) is 0 Å². The zero-order chi connectivity index (χ0) is 16.9. The molecule has 130 valence electrons. The molecule has 2 saturated heterocycles. The molecule has 1 aromatic rings. The van der Waals surface area contributed by atoms with Gasteiger partial charge in [-0.15, -0.1) is 0 Å². The topological polar surface area (TPSA) is 66.4 Å². The predicted octanol–water partition coefficient (Wildman–Crippen LogP) is 1.89. The van der Waals surface area contributed by atoms with E-state index in [9.17, 15) is 9.59 Å². The fourth-order valence-corrected chi connectivity index (χ4v) is 3.62. The fourth-order valence-electron chi connectivity index (χ4n) is 3.62. The number of hydrogen-bond acceptors (Lipinski definition) is 4. The summed E-state index contributed by atoms with van der Waals surface area (Å²) in [5.74, 6) is 0.863. The van der Waals surface area contributed by atoms with Gasteiger partial charge in [0.25, 0.3) is 0 Å². The van der Waals surface area contributed by atoms with Crippen molar-refractivity contribution in [1.82, 2.24) is 19.8 Å². The van der Waals surface area contributed by atoms with E-state index in [2.05, 4.69) is 9.97 Å². The summed E-state index contributed by atoms with van der Waals surface area (Å²) in [5, 5.41) is 0. The molecule has 0 radical (unpaired) electrons. The van der Waals surface area contributed by atoms with Crippen LogP contribution in [-0.4, -0.2) is 57.8 Å². The number of aryl methyl sites for hydroxylation is 1. The Labute approximate surface area is 143 Å². The molecule has 0 aliphatic carbocycles. The van der Waals surface area contributed by atoms with Crippen LogP contribution in [0.4, 0.5) is 0 Å². The summed E-state index contributed by atoms with van der Waals surface area (Å²) in [5.41, 5.74) is 2.00. The van der Waals surface area contributed by atoms with E-state index in [0.29, 0.717) is 18.8 Å². The van der Waals surface area contributed by atoms with Crippen LogP contribution in [0.2, 0.25) is 0 Å². The standard InChI is InChI=1S/C18H26N4O2/c1-14-12-19-13-16(20-14)15-6-10-22(11-7-15)18(24)5-3-9-21-8-2-4-17(21)23/h12-13,15H,2-11H2,1H3. The molecule has 3 rings (SSSR count). The van der Waals surface area contributed by atoms with Gasteiger partial charge in [0.15, 0.2) is 0 Å². The smallest absolute Gasteiger partial charge is 0.222 e. The van der Waals surface area contributed by atoms with Crippen LogP contribution in [0.15, 0.2) is 12.4 Å². The largest absolute Gasteiger partial charge is 0.343 e. The molecule has 6 nitrogen and oxygen atoms in total. The van der Waals surface area contributed by atoms with Crippen molar-refractivity contribution >= 4 is 11.8 Å². The van der Waals surface area contributed by atoms with E-state index in [-0.39, 0.29) is 11.8 Å². The maximum Gasteiger partial charge on any atom is 0.222 e. The maximum atomic E-state index is 12.3. The Morgan fingerprint density at radius 2 is 2.04 bits per heavy atom.